The number of benzene rings is 1. The van der Waals surface area contributed by atoms with Crippen LogP contribution < -0.4 is 11.1 Å². The van der Waals surface area contributed by atoms with Crippen molar-refractivity contribution in [3.63, 3.8) is 0 Å². The van der Waals surface area contributed by atoms with Gasteiger partial charge in [0, 0.05) is 17.6 Å². The number of amides is 1. The summed E-state index contributed by atoms with van der Waals surface area (Å²) in [6, 6.07) is 7.75. The summed E-state index contributed by atoms with van der Waals surface area (Å²) in [6.07, 6.45) is 4.79. The Labute approximate surface area is 119 Å². The highest BCUT2D eigenvalue weighted by Gasteiger charge is 2.14. The summed E-state index contributed by atoms with van der Waals surface area (Å²) in [5.41, 5.74) is 6.43. The number of carbonyl (C=O) groups is 1. The molecule has 0 aliphatic heterocycles. The van der Waals surface area contributed by atoms with Crippen molar-refractivity contribution in [3.05, 3.63) is 36.0 Å². The van der Waals surface area contributed by atoms with Crippen LogP contribution in [-0.4, -0.2) is 16.9 Å². The normalized spacial score (nSPS) is 12.3. The van der Waals surface area contributed by atoms with E-state index in [4.69, 9.17) is 5.73 Å². The second-order valence-electron chi connectivity index (χ2n) is 5.12. The van der Waals surface area contributed by atoms with Gasteiger partial charge in [0.05, 0.1) is 5.56 Å². The van der Waals surface area contributed by atoms with E-state index in [1.807, 2.05) is 31.2 Å². The molecule has 0 aliphatic rings. The first-order chi connectivity index (χ1) is 9.63. The molecule has 2 aromatic rings. The Hall–Kier alpha value is -2.10. The Bertz CT molecular complexity index is 610. The molecule has 0 saturated heterocycles. The molecule has 0 spiro atoms. The number of nitrogens with two attached hydrogens (primary N) is 1. The van der Waals surface area contributed by atoms with Gasteiger partial charge in [-0.25, -0.2) is 4.98 Å². The molecule has 20 heavy (non-hydrogen) atoms. The van der Waals surface area contributed by atoms with Gasteiger partial charge in [0.1, 0.15) is 5.82 Å². The van der Waals surface area contributed by atoms with Gasteiger partial charge in [0.15, 0.2) is 0 Å². The van der Waals surface area contributed by atoms with Gasteiger partial charge in [-0.3, -0.25) is 4.79 Å². The molecule has 2 rings (SSSR count). The molecular formula is C16H21N3O. The molecule has 0 saturated carbocycles. The number of fused-ring (bicyclic) bond motifs is 1. The molecule has 3 N–H and O–H groups in total. The molecule has 1 aromatic heterocycles. The van der Waals surface area contributed by atoms with Gasteiger partial charge in [-0.1, -0.05) is 44.0 Å². The van der Waals surface area contributed by atoms with E-state index in [1.165, 1.54) is 0 Å². The highest BCUT2D eigenvalue weighted by atomic mass is 16.1. The molecule has 0 fully saturated rings. The van der Waals surface area contributed by atoms with Crippen molar-refractivity contribution in [2.24, 2.45) is 0 Å². The Morgan fingerprint density at radius 1 is 1.35 bits per heavy atom. The van der Waals surface area contributed by atoms with Crippen molar-refractivity contribution < 1.29 is 4.79 Å². The van der Waals surface area contributed by atoms with Crippen LogP contribution in [0.2, 0.25) is 0 Å². The molecule has 1 atom stereocenters. The van der Waals surface area contributed by atoms with Gasteiger partial charge >= 0.3 is 0 Å². The van der Waals surface area contributed by atoms with Crippen molar-refractivity contribution in [1.82, 2.24) is 10.3 Å². The van der Waals surface area contributed by atoms with E-state index in [0.717, 1.165) is 30.0 Å². The van der Waals surface area contributed by atoms with E-state index < -0.39 is 0 Å². The summed E-state index contributed by atoms with van der Waals surface area (Å²) in [5, 5.41) is 4.69. The lowest BCUT2D eigenvalue weighted by Gasteiger charge is -2.14. The van der Waals surface area contributed by atoms with Crippen molar-refractivity contribution >= 4 is 22.5 Å². The van der Waals surface area contributed by atoms with Crippen LogP contribution in [0.15, 0.2) is 30.5 Å². The molecule has 1 aromatic carbocycles. The third-order valence-corrected chi connectivity index (χ3v) is 3.44. The highest BCUT2D eigenvalue weighted by molar-refractivity contribution is 6.09. The van der Waals surface area contributed by atoms with Crippen LogP contribution in [0.5, 0.6) is 0 Å². The number of nitrogens with one attached hydrogen (secondary N) is 1. The van der Waals surface area contributed by atoms with Crippen LogP contribution in [0, 0.1) is 0 Å². The average Bonchev–Trinajstić information content (AvgIpc) is 2.45. The number of pyridine rings is 1. The first-order valence-corrected chi connectivity index (χ1v) is 7.07. The third kappa shape index (κ3) is 3.07. The first-order valence-electron chi connectivity index (χ1n) is 7.07. The maximum atomic E-state index is 12.4. The number of aromatic nitrogens is 1. The standard InChI is InChI=1S/C16H21N3O/c1-3-4-7-11(2)19-16(20)14-10-18-15(17)13-9-6-5-8-12(13)14/h5-6,8-11H,3-4,7H2,1-2H3,(H2,17,18)(H,19,20). The zero-order chi connectivity index (χ0) is 14.5. The maximum Gasteiger partial charge on any atom is 0.253 e. The van der Waals surface area contributed by atoms with Crippen LogP contribution in [0.1, 0.15) is 43.5 Å². The summed E-state index contributed by atoms with van der Waals surface area (Å²) in [7, 11) is 0. The van der Waals surface area contributed by atoms with Crippen molar-refractivity contribution in [2.75, 3.05) is 5.73 Å². The summed E-state index contributed by atoms with van der Waals surface area (Å²) < 4.78 is 0. The Kier molecular flexibility index (Phi) is 4.56. The van der Waals surface area contributed by atoms with Crippen LogP contribution in [0.3, 0.4) is 0 Å². The fourth-order valence-corrected chi connectivity index (χ4v) is 2.28. The molecule has 4 heteroatoms. The fourth-order valence-electron chi connectivity index (χ4n) is 2.28. The number of anilines is 1. The molecule has 0 radical (unpaired) electrons. The lowest BCUT2D eigenvalue weighted by Crippen LogP contribution is -2.32. The summed E-state index contributed by atoms with van der Waals surface area (Å²) >= 11 is 0. The Morgan fingerprint density at radius 2 is 2.05 bits per heavy atom. The average molecular weight is 271 g/mol. The number of nitrogen functional groups attached to an aromatic ring is 1. The van der Waals surface area contributed by atoms with Crippen LogP contribution in [0.4, 0.5) is 5.82 Å². The van der Waals surface area contributed by atoms with Crippen molar-refractivity contribution in [3.8, 4) is 0 Å². The lowest BCUT2D eigenvalue weighted by molar-refractivity contribution is 0.0939. The molecule has 4 nitrogen and oxygen atoms in total. The minimum atomic E-state index is -0.0858. The number of unbranched alkanes of at least 4 members (excludes halogenated alkanes) is 1. The predicted octanol–water partition coefficient (Wildman–Crippen LogP) is 3.13. The number of hydrogen-bond acceptors (Lipinski definition) is 3. The second kappa shape index (κ2) is 6.37. The van der Waals surface area contributed by atoms with E-state index >= 15 is 0 Å². The maximum absolute atomic E-state index is 12.4. The zero-order valence-electron chi connectivity index (χ0n) is 12.0. The lowest BCUT2D eigenvalue weighted by atomic mass is 10.1. The molecule has 0 bridgehead atoms. The van der Waals surface area contributed by atoms with E-state index in [9.17, 15) is 4.79 Å². The van der Waals surface area contributed by atoms with Crippen LogP contribution in [0.25, 0.3) is 10.8 Å². The largest absolute Gasteiger partial charge is 0.383 e. The van der Waals surface area contributed by atoms with E-state index in [2.05, 4.69) is 17.2 Å². The van der Waals surface area contributed by atoms with Gasteiger partial charge in [-0.2, -0.15) is 0 Å². The second-order valence-corrected chi connectivity index (χ2v) is 5.12. The van der Waals surface area contributed by atoms with E-state index in [1.54, 1.807) is 6.20 Å². The van der Waals surface area contributed by atoms with E-state index in [-0.39, 0.29) is 11.9 Å². The van der Waals surface area contributed by atoms with Gasteiger partial charge in [-0.15, -0.1) is 0 Å². The summed E-state index contributed by atoms with van der Waals surface area (Å²) in [6.45, 7) is 4.17. The highest BCUT2D eigenvalue weighted by Crippen LogP contribution is 2.22. The van der Waals surface area contributed by atoms with Crippen molar-refractivity contribution in [2.45, 2.75) is 39.2 Å². The van der Waals surface area contributed by atoms with Crippen molar-refractivity contribution in [1.29, 1.82) is 0 Å². The number of carbonyl (C=O) groups excluding carboxylic acids is 1. The molecule has 1 unspecified atom stereocenters. The number of hydrogen-bond donors (Lipinski definition) is 2. The van der Waals surface area contributed by atoms with Gasteiger partial charge in [0.25, 0.3) is 5.91 Å². The predicted molar refractivity (Wildman–Crippen MR) is 82.6 cm³/mol. The summed E-state index contributed by atoms with van der Waals surface area (Å²) in [5.74, 6) is 0.369. The van der Waals surface area contributed by atoms with E-state index in [0.29, 0.717) is 11.4 Å². The quantitative estimate of drug-likeness (QED) is 0.878. The SMILES string of the molecule is CCCCC(C)NC(=O)c1cnc(N)c2ccccc12. The number of rotatable bonds is 5. The molecule has 106 valence electrons. The molecule has 0 aliphatic carbocycles. The molecule has 1 heterocycles. The smallest absolute Gasteiger partial charge is 0.253 e. The minimum Gasteiger partial charge on any atom is -0.383 e. The Morgan fingerprint density at radius 3 is 2.75 bits per heavy atom. The topological polar surface area (TPSA) is 68.0 Å². The van der Waals surface area contributed by atoms with Crippen LogP contribution >= 0.6 is 0 Å². The third-order valence-electron chi connectivity index (χ3n) is 3.44. The Balaban J connectivity index is 2.24. The minimum absolute atomic E-state index is 0.0858. The molecule has 1 amide bonds. The number of nitrogens with zero attached hydrogens (tertiary/aromatic N) is 1. The van der Waals surface area contributed by atoms with Gasteiger partial charge < -0.3 is 11.1 Å². The zero-order valence-corrected chi connectivity index (χ0v) is 12.0. The summed E-state index contributed by atoms with van der Waals surface area (Å²) in [4.78, 5) is 16.5. The monoisotopic (exact) mass is 271 g/mol. The fraction of sp³-hybridized carbons (Fsp3) is 0.375. The molecular weight excluding hydrogens is 250 g/mol. The van der Waals surface area contributed by atoms with Crippen LogP contribution in [-0.2, 0) is 0 Å². The van der Waals surface area contributed by atoms with Gasteiger partial charge in [0.2, 0.25) is 0 Å². The van der Waals surface area contributed by atoms with Gasteiger partial charge in [-0.05, 0) is 18.7 Å². The first kappa shape index (κ1) is 14.3.